The number of hydrogen-bond acceptors (Lipinski definition) is 5. The number of imidazole rings is 1. The summed E-state index contributed by atoms with van der Waals surface area (Å²) in [6.45, 7) is 4.70. The molecule has 0 fully saturated rings. The topological polar surface area (TPSA) is 98.3 Å². The number of rotatable bonds is 5. The van der Waals surface area contributed by atoms with Crippen LogP contribution in [0.1, 0.15) is 19.4 Å². The summed E-state index contributed by atoms with van der Waals surface area (Å²) in [7, 11) is -3.79. The van der Waals surface area contributed by atoms with Gasteiger partial charge < -0.3 is 9.47 Å². The Balaban J connectivity index is 1.59. The number of sulfonamides is 1. The van der Waals surface area contributed by atoms with E-state index in [2.05, 4.69) is 18.0 Å². The summed E-state index contributed by atoms with van der Waals surface area (Å²) in [5.74, 6) is 0.289. The van der Waals surface area contributed by atoms with Gasteiger partial charge in [0, 0.05) is 18.3 Å². The van der Waals surface area contributed by atoms with E-state index in [4.69, 9.17) is 5.14 Å². The predicted octanol–water partition coefficient (Wildman–Crippen LogP) is 2.77. The van der Waals surface area contributed by atoms with E-state index in [0.717, 1.165) is 17.6 Å². The van der Waals surface area contributed by atoms with Crippen molar-refractivity contribution in [3.63, 3.8) is 0 Å². The van der Waals surface area contributed by atoms with E-state index >= 15 is 0 Å². The van der Waals surface area contributed by atoms with Crippen molar-refractivity contribution in [2.24, 2.45) is 5.14 Å². The summed E-state index contributed by atoms with van der Waals surface area (Å²) in [6, 6.07) is 12.8. The molecule has 152 valence electrons. The van der Waals surface area contributed by atoms with Crippen LogP contribution in [0.4, 0.5) is 5.69 Å². The molecule has 4 rings (SSSR count). The van der Waals surface area contributed by atoms with Crippen molar-refractivity contribution in [3.05, 3.63) is 48.0 Å². The van der Waals surface area contributed by atoms with Crippen LogP contribution >= 0.6 is 11.8 Å². The lowest BCUT2D eigenvalue weighted by Crippen LogP contribution is -2.37. The van der Waals surface area contributed by atoms with Gasteiger partial charge in [0.25, 0.3) is 0 Å². The summed E-state index contributed by atoms with van der Waals surface area (Å²) >= 11 is 1.36. The molecule has 0 bridgehead atoms. The first-order valence-corrected chi connectivity index (χ1v) is 11.9. The zero-order valence-corrected chi connectivity index (χ0v) is 17.8. The number of primary sulfonamides is 1. The standard InChI is InChI=1S/C20H22N4O3S2/c1-3-23-18-9-8-15(29(21,26)27)11-16(18)22-20(23)28-12-19(25)24-13(2)10-14-6-4-5-7-17(14)24/h4-9,11,13H,3,10,12H2,1-2H3,(H2,21,26,27)/t13-/m0/s1. The number of carbonyl (C=O) groups excluding carboxylic acids is 1. The van der Waals surface area contributed by atoms with Crippen LogP contribution in [0.3, 0.4) is 0 Å². The molecule has 0 unspecified atom stereocenters. The molecule has 2 N–H and O–H groups in total. The highest BCUT2D eigenvalue weighted by Gasteiger charge is 2.30. The van der Waals surface area contributed by atoms with Crippen LogP contribution in [-0.2, 0) is 27.8 Å². The molecule has 29 heavy (non-hydrogen) atoms. The Morgan fingerprint density at radius 1 is 1.28 bits per heavy atom. The van der Waals surface area contributed by atoms with Gasteiger partial charge in [-0.2, -0.15) is 0 Å². The smallest absolute Gasteiger partial charge is 0.238 e. The van der Waals surface area contributed by atoms with E-state index in [1.54, 1.807) is 6.07 Å². The molecule has 0 spiro atoms. The van der Waals surface area contributed by atoms with Gasteiger partial charge in [-0.25, -0.2) is 18.5 Å². The van der Waals surface area contributed by atoms with Gasteiger partial charge in [-0.05, 0) is 50.1 Å². The number of aryl methyl sites for hydroxylation is 1. The molecule has 0 saturated heterocycles. The second-order valence-electron chi connectivity index (χ2n) is 7.07. The Kier molecular flexibility index (Phi) is 5.14. The largest absolute Gasteiger partial charge is 0.319 e. The van der Waals surface area contributed by atoms with Gasteiger partial charge >= 0.3 is 0 Å². The summed E-state index contributed by atoms with van der Waals surface area (Å²) in [4.78, 5) is 19.4. The third-order valence-electron chi connectivity index (χ3n) is 5.13. The number of amides is 1. The van der Waals surface area contributed by atoms with Gasteiger partial charge in [-0.1, -0.05) is 30.0 Å². The first-order valence-electron chi connectivity index (χ1n) is 9.35. The van der Waals surface area contributed by atoms with Crippen molar-refractivity contribution in [1.82, 2.24) is 9.55 Å². The van der Waals surface area contributed by atoms with Gasteiger partial charge in [0.15, 0.2) is 5.16 Å². The molecule has 7 nitrogen and oxygen atoms in total. The third kappa shape index (κ3) is 3.65. The molecule has 9 heteroatoms. The van der Waals surface area contributed by atoms with E-state index in [-0.39, 0.29) is 22.6 Å². The number of benzene rings is 2. The van der Waals surface area contributed by atoms with E-state index < -0.39 is 10.0 Å². The summed E-state index contributed by atoms with van der Waals surface area (Å²) in [6.07, 6.45) is 0.858. The maximum atomic E-state index is 13.0. The van der Waals surface area contributed by atoms with Gasteiger partial charge in [0.1, 0.15) is 0 Å². The summed E-state index contributed by atoms with van der Waals surface area (Å²) in [5, 5.41) is 5.91. The van der Waals surface area contributed by atoms with Gasteiger partial charge in [-0.15, -0.1) is 0 Å². The van der Waals surface area contributed by atoms with Crippen LogP contribution in [0.25, 0.3) is 11.0 Å². The van der Waals surface area contributed by atoms with Gasteiger partial charge in [0.05, 0.1) is 21.7 Å². The molecule has 0 aliphatic carbocycles. The Bertz CT molecular complexity index is 1200. The fourth-order valence-electron chi connectivity index (χ4n) is 3.82. The summed E-state index contributed by atoms with van der Waals surface area (Å²) in [5.41, 5.74) is 3.53. The van der Waals surface area contributed by atoms with Crippen LogP contribution in [0.5, 0.6) is 0 Å². The van der Waals surface area contributed by atoms with Crippen molar-refractivity contribution in [3.8, 4) is 0 Å². The number of nitrogens with two attached hydrogens (primary N) is 1. The van der Waals surface area contributed by atoms with E-state index in [1.807, 2.05) is 34.6 Å². The zero-order valence-electron chi connectivity index (χ0n) is 16.2. The maximum absolute atomic E-state index is 13.0. The number of nitrogens with zero attached hydrogens (tertiary/aromatic N) is 3. The van der Waals surface area contributed by atoms with Crippen molar-refractivity contribution in [2.45, 2.75) is 42.9 Å². The van der Waals surface area contributed by atoms with Crippen molar-refractivity contribution >= 4 is 44.4 Å². The molecule has 3 aromatic rings. The summed E-state index contributed by atoms with van der Waals surface area (Å²) < 4.78 is 25.2. The number of anilines is 1. The normalized spacial score (nSPS) is 16.4. The van der Waals surface area contributed by atoms with Crippen molar-refractivity contribution < 1.29 is 13.2 Å². The number of hydrogen-bond donors (Lipinski definition) is 1. The van der Waals surface area contributed by atoms with Gasteiger partial charge in [-0.3, -0.25) is 4.79 Å². The number of aromatic nitrogens is 2. The SMILES string of the molecule is CCn1c(SCC(=O)N2c3ccccc3C[C@@H]2C)nc2cc(S(N)(=O)=O)ccc21. The van der Waals surface area contributed by atoms with Crippen molar-refractivity contribution in [1.29, 1.82) is 0 Å². The van der Waals surface area contributed by atoms with E-state index in [0.29, 0.717) is 17.2 Å². The minimum Gasteiger partial charge on any atom is -0.319 e. The molecular formula is C20H22N4O3S2. The predicted molar refractivity (Wildman–Crippen MR) is 115 cm³/mol. The fraction of sp³-hybridized carbons (Fsp3) is 0.300. The minimum atomic E-state index is -3.79. The molecule has 1 aliphatic rings. The first kappa shape index (κ1) is 19.9. The highest BCUT2D eigenvalue weighted by atomic mass is 32.2. The molecule has 1 aromatic heterocycles. The minimum absolute atomic E-state index is 0.0286. The highest BCUT2D eigenvalue weighted by Crippen LogP contribution is 2.33. The number of thioether (sulfide) groups is 1. The zero-order chi connectivity index (χ0) is 20.8. The lowest BCUT2D eigenvalue weighted by atomic mass is 10.1. The Labute approximate surface area is 174 Å². The maximum Gasteiger partial charge on any atom is 0.238 e. The lowest BCUT2D eigenvalue weighted by molar-refractivity contribution is -0.116. The first-order chi connectivity index (χ1) is 13.8. The molecule has 0 saturated carbocycles. The van der Waals surface area contributed by atoms with E-state index in [1.165, 1.54) is 29.5 Å². The van der Waals surface area contributed by atoms with Crippen LogP contribution in [-0.4, -0.2) is 35.7 Å². The second-order valence-corrected chi connectivity index (χ2v) is 9.57. The average Bonchev–Trinajstić information content (AvgIpc) is 3.20. The highest BCUT2D eigenvalue weighted by molar-refractivity contribution is 7.99. The Morgan fingerprint density at radius 2 is 2.03 bits per heavy atom. The molecule has 1 aliphatic heterocycles. The quantitative estimate of drug-likeness (QED) is 0.628. The fourth-order valence-corrected chi connectivity index (χ4v) is 5.29. The Morgan fingerprint density at radius 3 is 2.76 bits per heavy atom. The molecule has 2 aromatic carbocycles. The van der Waals surface area contributed by atoms with Crippen LogP contribution in [0.2, 0.25) is 0 Å². The van der Waals surface area contributed by atoms with E-state index in [9.17, 15) is 13.2 Å². The molecule has 1 atom stereocenters. The van der Waals surface area contributed by atoms with Crippen LogP contribution in [0.15, 0.2) is 52.5 Å². The molecule has 0 radical (unpaired) electrons. The number of carbonyl (C=O) groups is 1. The van der Waals surface area contributed by atoms with Crippen LogP contribution < -0.4 is 10.0 Å². The number of fused-ring (bicyclic) bond motifs is 2. The van der Waals surface area contributed by atoms with Crippen molar-refractivity contribution in [2.75, 3.05) is 10.7 Å². The van der Waals surface area contributed by atoms with Crippen LogP contribution in [0, 0.1) is 0 Å². The lowest BCUT2D eigenvalue weighted by Gasteiger charge is -2.22. The molecular weight excluding hydrogens is 408 g/mol. The molecule has 1 amide bonds. The third-order valence-corrected chi connectivity index (χ3v) is 7.00. The number of para-hydroxylation sites is 1. The monoisotopic (exact) mass is 430 g/mol. The van der Waals surface area contributed by atoms with Gasteiger partial charge in [0.2, 0.25) is 15.9 Å². The second kappa shape index (κ2) is 7.47. The Hall–Kier alpha value is -2.36. The molecule has 2 heterocycles. The average molecular weight is 431 g/mol.